The van der Waals surface area contributed by atoms with Crippen molar-refractivity contribution in [1.29, 1.82) is 0 Å². The first kappa shape index (κ1) is 23.5. The Balaban J connectivity index is 2.09. The zero-order chi connectivity index (χ0) is 22.5. The van der Waals surface area contributed by atoms with Crippen LogP contribution in [0.5, 0.6) is 0 Å². The third kappa shape index (κ3) is 4.84. The molecule has 0 saturated carbocycles. The monoisotopic (exact) mass is 485 g/mol. The van der Waals surface area contributed by atoms with Gasteiger partial charge in [-0.2, -0.15) is 0 Å². The van der Waals surface area contributed by atoms with Gasteiger partial charge < -0.3 is 4.74 Å². The van der Waals surface area contributed by atoms with Gasteiger partial charge in [0.25, 0.3) is 0 Å². The molecule has 0 amide bonds. The highest BCUT2D eigenvalue weighted by atomic mass is 79.9. The van der Waals surface area contributed by atoms with Crippen LogP contribution >= 0.6 is 15.9 Å². The number of nitrogens with zero attached hydrogens (tertiary/aromatic N) is 3. The van der Waals surface area contributed by atoms with Gasteiger partial charge in [-0.3, -0.25) is 9.36 Å². The number of carbonyl (C=O) groups excluding carboxylic acids is 1. The molecule has 1 unspecified atom stereocenters. The van der Waals surface area contributed by atoms with Crippen molar-refractivity contribution >= 4 is 33.1 Å². The van der Waals surface area contributed by atoms with E-state index in [1.54, 1.807) is 0 Å². The van der Waals surface area contributed by atoms with Gasteiger partial charge in [0.05, 0.1) is 18.2 Å². The molecule has 3 aromatic rings. The molecule has 0 saturated heterocycles. The molecule has 0 aliphatic heterocycles. The molecule has 1 atom stereocenters. The molecule has 1 aromatic carbocycles. The lowest BCUT2D eigenvalue weighted by Crippen LogP contribution is -2.16. The zero-order valence-electron chi connectivity index (χ0n) is 19.2. The van der Waals surface area contributed by atoms with Crippen LogP contribution in [0.15, 0.2) is 28.7 Å². The number of hydrogen-bond donors (Lipinski definition) is 0. The minimum absolute atomic E-state index is 0.147. The molecule has 0 radical (unpaired) electrons. The number of benzene rings is 1. The predicted molar refractivity (Wildman–Crippen MR) is 129 cm³/mol. The maximum Gasteiger partial charge on any atom is 0.313 e. The van der Waals surface area contributed by atoms with Crippen molar-refractivity contribution in [3.05, 3.63) is 51.4 Å². The molecular weight excluding hydrogens is 454 g/mol. The minimum atomic E-state index is -0.225. The molecule has 166 valence electrons. The third-order valence-electron chi connectivity index (χ3n) is 5.65. The van der Waals surface area contributed by atoms with Gasteiger partial charge in [0, 0.05) is 16.6 Å². The molecule has 0 spiro atoms. The Bertz CT molecular complexity index is 1060. The average molecular weight is 486 g/mol. The van der Waals surface area contributed by atoms with Crippen LogP contribution in [0.25, 0.3) is 16.9 Å². The van der Waals surface area contributed by atoms with Crippen molar-refractivity contribution in [2.24, 2.45) is 0 Å². The molecular formula is C25H32BrN3O2. The molecule has 3 rings (SSSR count). The number of aryl methyl sites for hydroxylation is 3. The van der Waals surface area contributed by atoms with E-state index in [2.05, 4.69) is 53.4 Å². The number of unbranched alkanes of at least 4 members (excludes halogenated alkanes) is 1. The summed E-state index contributed by atoms with van der Waals surface area (Å²) < 4.78 is 8.48. The Morgan fingerprint density at radius 3 is 2.42 bits per heavy atom. The van der Waals surface area contributed by atoms with E-state index >= 15 is 0 Å². The van der Waals surface area contributed by atoms with Crippen LogP contribution < -0.4 is 0 Å². The Morgan fingerprint density at radius 2 is 1.81 bits per heavy atom. The molecule has 0 aliphatic rings. The maximum atomic E-state index is 12.4. The lowest BCUT2D eigenvalue weighted by atomic mass is 9.94. The fourth-order valence-corrected chi connectivity index (χ4v) is 4.25. The summed E-state index contributed by atoms with van der Waals surface area (Å²) >= 11 is 3.65. The van der Waals surface area contributed by atoms with E-state index in [0.29, 0.717) is 6.61 Å². The Morgan fingerprint density at radius 1 is 1.10 bits per heavy atom. The highest BCUT2D eigenvalue weighted by Gasteiger charge is 2.22. The van der Waals surface area contributed by atoms with Crippen molar-refractivity contribution in [3.8, 4) is 5.69 Å². The van der Waals surface area contributed by atoms with Crippen LogP contribution in [0, 0.1) is 13.8 Å². The number of halogens is 1. The fourth-order valence-electron chi connectivity index (χ4n) is 3.98. The number of aromatic nitrogens is 3. The first-order valence-electron chi connectivity index (χ1n) is 11.2. The van der Waals surface area contributed by atoms with E-state index in [1.165, 1.54) is 0 Å². The summed E-state index contributed by atoms with van der Waals surface area (Å²) in [5.74, 6) is 0.649. The summed E-state index contributed by atoms with van der Waals surface area (Å²) in [5, 5.41) is 0. The van der Waals surface area contributed by atoms with E-state index in [9.17, 15) is 4.79 Å². The highest BCUT2D eigenvalue weighted by Crippen LogP contribution is 2.31. The molecule has 2 heterocycles. The van der Waals surface area contributed by atoms with E-state index in [0.717, 1.165) is 76.1 Å². The molecule has 0 aliphatic carbocycles. The second kappa shape index (κ2) is 10.4. The van der Waals surface area contributed by atoms with Gasteiger partial charge in [0.1, 0.15) is 11.3 Å². The minimum Gasteiger partial charge on any atom is -0.466 e. The lowest BCUT2D eigenvalue weighted by Gasteiger charge is -2.16. The van der Waals surface area contributed by atoms with Gasteiger partial charge in [-0.05, 0) is 72.8 Å². The number of pyridine rings is 1. The smallest absolute Gasteiger partial charge is 0.313 e. The number of imidazole rings is 1. The maximum absolute atomic E-state index is 12.4. The van der Waals surface area contributed by atoms with Crippen LogP contribution in [-0.2, 0) is 16.0 Å². The SMILES string of the molecule is CCCCc1nc2c(C)c(Br)c(C)nc2n1-c1ccc(C(CCC)C(=O)OCC)cc1. The molecule has 2 aromatic heterocycles. The van der Waals surface area contributed by atoms with Gasteiger partial charge in [0.15, 0.2) is 5.65 Å². The Labute approximate surface area is 193 Å². The van der Waals surface area contributed by atoms with Crippen LogP contribution in [0.2, 0.25) is 0 Å². The standard InChI is InChI=1S/C25H32BrN3O2/c1-6-9-11-21-28-23-16(4)22(26)17(5)27-24(23)29(21)19-14-12-18(13-15-19)20(10-7-2)25(30)31-8-3/h12-15,20H,6-11H2,1-5H3. The zero-order valence-corrected chi connectivity index (χ0v) is 20.8. The average Bonchev–Trinajstić information content (AvgIpc) is 3.13. The first-order valence-corrected chi connectivity index (χ1v) is 12.0. The number of ether oxygens (including phenoxy) is 1. The van der Waals surface area contributed by atoms with Gasteiger partial charge >= 0.3 is 5.97 Å². The van der Waals surface area contributed by atoms with Crippen LogP contribution in [0.1, 0.15) is 75.0 Å². The third-order valence-corrected chi connectivity index (χ3v) is 6.82. The summed E-state index contributed by atoms with van der Waals surface area (Å²) in [6.07, 6.45) is 4.78. The van der Waals surface area contributed by atoms with Crippen molar-refractivity contribution in [1.82, 2.24) is 14.5 Å². The molecule has 6 heteroatoms. The van der Waals surface area contributed by atoms with Gasteiger partial charge in [-0.1, -0.05) is 38.8 Å². The molecule has 0 N–H and O–H groups in total. The second-order valence-electron chi connectivity index (χ2n) is 7.96. The van der Waals surface area contributed by atoms with Crippen LogP contribution in [0.3, 0.4) is 0 Å². The first-order chi connectivity index (χ1) is 14.9. The Kier molecular flexibility index (Phi) is 7.87. The van der Waals surface area contributed by atoms with E-state index < -0.39 is 0 Å². The predicted octanol–water partition coefficient (Wildman–Crippen LogP) is 6.59. The second-order valence-corrected chi connectivity index (χ2v) is 8.75. The summed E-state index contributed by atoms with van der Waals surface area (Å²) in [5.41, 5.74) is 5.89. The summed E-state index contributed by atoms with van der Waals surface area (Å²) in [6.45, 7) is 10.6. The number of hydrogen-bond acceptors (Lipinski definition) is 4. The number of fused-ring (bicyclic) bond motifs is 1. The molecule has 5 nitrogen and oxygen atoms in total. The quantitative estimate of drug-likeness (QED) is 0.320. The van der Waals surface area contributed by atoms with E-state index in [-0.39, 0.29) is 11.9 Å². The topological polar surface area (TPSA) is 57.0 Å². The van der Waals surface area contributed by atoms with Crippen molar-refractivity contribution < 1.29 is 9.53 Å². The van der Waals surface area contributed by atoms with Gasteiger partial charge in [0.2, 0.25) is 0 Å². The van der Waals surface area contributed by atoms with Gasteiger partial charge in [-0.25, -0.2) is 9.97 Å². The fraction of sp³-hybridized carbons (Fsp3) is 0.480. The van der Waals surface area contributed by atoms with E-state index in [4.69, 9.17) is 14.7 Å². The van der Waals surface area contributed by atoms with Crippen molar-refractivity contribution in [2.75, 3.05) is 6.61 Å². The Hall–Kier alpha value is -2.21. The van der Waals surface area contributed by atoms with E-state index in [1.807, 2.05) is 26.0 Å². The van der Waals surface area contributed by atoms with Crippen LogP contribution in [-0.4, -0.2) is 27.1 Å². The summed E-state index contributed by atoms with van der Waals surface area (Å²) in [6, 6.07) is 8.23. The lowest BCUT2D eigenvalue weighted by molar-refractivity contribution is -0.145. The number of rotatable bonds is 9. The molecule has 0 fully saturated rings. The van der Waals surface area contributed by atoms with Gasteiger partial charge in [-0.15, -0.1) is 0 Å². The van der Waals surface area contributed by atoms with Crippen molar-refractivity contribution in [3.63, 3.8) is 0 Å². The molecule has 0 bridgehead atoms. The summed E-state index contributed by atoms with van der Waals surface area (Å²) in [4.78, 5) is 22.3. The molecule has 31 heavy (non-hydrogen) atoms. The highest BCUT2D eigenvalue weighted by molar-refractivity contribution is 9.10. The van der Waals surface area contributed by atoms with Crippen molar-refractivity contribution in [2.45, 2.75) is 72.6 Å². The normalized spacial score (nSPS) is 12.3. The largest absolute Gasteiger partial charge is 0.466 e. The number of carbonyl (C=O) groups is 1. The van der Waals surface area contributed by atoms with Crippen LogP contribution in [0.4, 0.5) is 0 Å². The summed E-state index contributed by atoms with van der Waals surface area (Å²) in [7, 11) is 0. The number of esters is 1.